The Balaban J connectivity index is 1.61. The molecule has 2 amide bonds. The Morgan fingerprint density at radius 3 is 2.50 bits per heavy atom. The van der Waals surface area contributed by atoms with Gasteiger partial charge in [-0.1, -0.05) is 36.4 Å². The van der Waals surface area contributed by atoms with E-state index < -0.39 is 6.61 Å². The van der Waals surface area contributed by atoms with Crippen molar-refractivity contribution in [1.29, 1.82) is 0 Å². The lowest BCUT2D eigenvalue weighted by molar-refractivity contribution is -0.0512. The van der Waals surface area contributed by atoms with Crippen molar-refractivity contribution in [2.75, 3.05) is 40.8 Å². The summed E-state index contributed by atoms with van der Waals surface area (Å²) in [5.41, 5.74) is 1.74. The van der Waals surface area contributed by atoms with Crippen molar-refractivity contribution < 1.29 is 23.0 Å². The highest BCUT2D eigenvalue weighted by atomic mass is 19.3. The van der Waals surface area contributed by atoms with Gasteiger partial charge < -0.3 is 29.9 Å². The first-order valence-corrected chi connectivity index (χ1v) is 11.5. The predicted molar refractivity (Wildman–Crippen MR) is 127 cm³/mol. The van der Waals surface area contributed by atoms with Gasteiger partial charge in [0.25, 0.3) is 0 Å². The van der Waals surface area contributed by atoms with E-state index in [0.717, 1.165) is 31.5 Å². The summed E-state index contributed by atoms with van der Waals surface area (Å²) >= 11 is 0. The Morgan fingerprint density at radius 1 is 1.15 bits per heavy atom. The van der Waals surface area contributed by atoms with Crippen LogP contribution in [0.2, 0.25) is 0 Å². The Bertz CT molecular complexity index is 908. The number of hydrogen-bond donors (Lipinski definition) is 2. The molecule has 3 rings (SSSR count). The number of likely N-dealkylation sites (tertiary alicyclic amines) is 1. The molecule has 0 spiro atoms. The van der Waals surface area contributed by atoms with Crippen molar-refractivity contribution >= 4 is 6.03 Å². The first-order chi connectivity index (χ1) is 16.4. The second-order valence-electron chi connectivity index (χ2n) is 8.63. The molecule has 1 aliphatic heterocycles. The van der Waals surface area contributed by atoms with Crippen LogP contribution in [-0.2, 0) is 6.54 Å². The van der Waals surface area contributed by atoms with Crippen molar-refractivity contribution in [3.63, 3.8) is 0 Å². The summed E-state index contributed by atoms with van der Waals surface area (Å²) < 4.78 is 34.6. The van der Waals surface area contributed by atoms with Gasteiger partial charge in [-0.25, -0.2) is 4.79 Å². The topological polar surface area (TPSA) is 66.1 Å². The van der Waals surface area contributed by atoms with Gasteiger partial charge in [0.1, 0.15) is 0 Å². The molecule has 0 bridgehead atoms. The summed E-state index contributed by atoms with van der Waals surface area (Å²) in [7, 11) is 5.63. The normalized spacial score (nSPS) is 15.9. The molecule has 0 aromatic heterocycles. The lowest BCUT2D eigenvalue weighted by atomic mass is 10.0. The maximum absolute atomic E-state index is 12.8. The molecule has 34 heavy (non-hydrogen) atoms. The monoisotopic (exact) mass is 476 g/mol. The van der Waals surface area contributed by atoms with Gasteiger partial charge in [-0.2, -0.15) is 8.78 Å². The second-order valence-corrected chi connectivity index (χ2v) is 8.63. The van der Waals surface area contributed by atoms with Gasteiger partial charge in [-0.15, -0.1) is 0 Å². The van der Waals surface area contributed by atoms with Gasteiger partial charge in [0, 0.05) is 19.1 Å². The Morgan fingerprint density at radius 2 is 1.85 bits per heavy atom. The number of alkyl halides is 2. The fourth-order valence-electron chi connectivity index (χ4n) is 4.20. The molecule has 2 N–H and O–H groups in total. The summed E-state index contributed by atoms with van der Waals surface area (Å²) in [6.07, 6.45) is 2.21. The van der Waals surface area contributed by atoms with Gasteiger partial charge >= 0.3 is 12.6 Å². The highest BCUT2D eigenvalue weighted by molar-refractivity contribution is 5.74. The number of likely N-dealkylation sites (N-methyl/N-ethyl adjacent to an activating group) is 1. The number of carbonyl (C=O) groups excluding carboxylic acids is 1. The molecule has 0 saturated carbocycles. The third-order valence-corrected chi connectivity index (χ3v) is 6.19. The number of ether oxygens (including phenoxy) is 2. The Hall–Kier alpha value is -2.91. The van der Waals surface area contributed by atoms with Crippen molar-refractivity contribution in [1.82, 2.24) is 20.4 Å². The fraction of sp³-hybridized carbons (Fsp3) is 0.480. The molecule has 0 aliphatic carbocycles. The molecule has 2 aromatic carbocycles. The molecular weight excluding hydrogens is 442 g/mol. The molecule has 0 radical (unpaired) electrons. The number of benzene rings is 2. The number of amides is 2. The number of nitrogens with one attached hydrogen (secondary N) is 2. The number of nitrogens with zero attached hydrogens (tertiary/aromatic N) is 2. The zero-order valence-corrected chi connectivity index (χ0v) is 20.0. The van der Waals surface area contributed by atoms with E-state index in [4.69, 9.17) is 4.74 Å². The van der Waals surface area contributed by atoms with E-state index in [2.05, 4.69) is 39.3 Å². The molecular formula is C25H34F2N4O3. The first-order valence-electron chi connectivity index (χ1n) is 11.5. The smallest absolute Gasteiger partial charge is 0.387 e. The van der Waals surface area contributed by atoms with E-state index in [1.165, 1.54) is 13.2 Å². The third kappa shape index (κ3) is 7.56. The van der Waals surface area contributed by atoms with Crippen LogP contribution in [0.25, 0.3) is 0 Å². The van der Waals surface area contributed by atoms with E-state index in [1.54, 1.807) is 12.1 Å². The number of halogens is 2. The van der Waals surface area contributed by atoms with Crippen LogP contribution in [0.5, 0.6) is 11.5 Å². The van der Waals surface area contributed by atoms with Gasteiger partial charge in [0.15, 0.2) is 11.5 Å². The summed E-state index contributed by atoms with van der Waals surface area (Å²) in [5.74, 6) is 0.133. The van der Waals surface area contributed by atoms with Crippen LogP contribution in [0, 0.1) is 0 Å². The zero-order chi connectivity index (χ0) is 24.5. The van der Waals surface area contributed by atoms with Gasteiger partial charge in [0.05, 0.1) is 13.2 Å². The molecule has 186 valence electrons. The maximum Gasteiger partial charge on any atom is 0.387 e. The van der Waals surface area contributed by atoms with Crippen LogP contribution in [0.15, 0.2) is 48.5 Å². The van der Waals surface area contributed by atoms with Crippen molar-refractivity contribution in [2.45, 2.75) is 38.1 Å². The predicted octanol–water partition coefficient (Wildman–Crippen LogP) is 3.86. The molecule has 2 aromatic rings. The molecule has 1 fully saturated rings. The van der Waals surface area contributed by atoms with Crippen LogP contribution in [0.1, 0.15) is 30.0 Å². The highest BCUT2D eigenvalue weighted by Crippen LogP contribution is 2.29. The average Bonchev–Trinajstić information content (AvgIpc) is 2.83. The SMILES string of the molecule is COc1cc(CNC(=O)N[C@H](CN(C)C2CCN(C)CC2)c2ccccc2)ccc1OC(F)F. The van der Waals surface area contributed by atoms with Crippen molar-refractivity contribution in [3.05, 3.63) is 59.7 Å². The lowest BCUT2D eigenvalue weighted by Gasteiger charge is -2.37. The van der Waals surface area contributed by atoms with Crippen molar-refractivity contribution in [2.24, 2.45) is 0 Å². The van der Waals surface area contributed by atoms with E-state index >= 15 is 0 Å². The van der Waals surface area contributed by atoms with Gasteiger partial charge in [-0.3, -0.25) is 0 Å². The minimum absolute atomic E-state index is 0.0493. The summed E-state index contributed by atoms with van der Waals surface area (Å²) in [4.78, 5) is 17.4. The Kier molecular flexibility index (Phi) is 9.47. The van der Waals surface area contributed by atoms with Gasteiger partial charge in [-0.05, 0) is 63.3 Å². The second kappa shape index (κ2) is 12.5. The molecule has 7 nitrogen and oxygen atoms in total. The fourth-order valence-corrected chi connectivity index (χ4v) is 4.20. The average molecular weight is 477 g/mol. The minimum Gasteiger partial charge on any atom is -0.493 e. The lowest BCUT2D eigenvalue weighted by Crippen LogP contribution is -2.47. The number of urea groups is 1. The number of piperidine rings is 1. The molecule has 1 aliphatic rings. The van der Waals surface area contributed by atoms with E-state index in [0.29, 0.717) is 18.2 Å². The maximum atomic E-state index is 12.8. The van der Waals surface area contributed by atoms with E-state index in [-0.39, 0.29) is 30.1 Å². The molecule has 9 heteroatoms. The van der Waals surface area contributed by atoms with Crippen LogP contribution in [0.3, 0.4) is 0 Å². The molecule has 1 heterocycles. The van der Waals surface area contributed by atoms with Crippen LogP contribution < -0.4 is 20.1 Å². The summed E-state index contributed by atoms with van der Waals surface area (Å²) in [6, 6.07) is 14.5. The summed E-state index contributed by atoms with van der Waals surface area (Å²) in [6.45, 7) is 0.113. The largest absolute Gasteiger partial charge is 0.493 e. The van der Waals surface area contributed by atoms with E-state index in [1.807, 2.05) is 30.3 Å². The molecule has 1 atom stereocenters. The Labute approximate surface area is 200 Å². The zero-order valence-electron chi connectivity index (χ0n) is 20.0. The summed E-state index contributed by atoms with van der Waals surface area (Å²) in [5, 5.41) is 5.94. The number of hydrogen-bond acceptors (Lipinski definition) is 5. The van der Waals surface area contributed by atoms with Crippen LogP contribution in [-0.4, -0.2) is 69.3 Å². The third-order valence-electron chi connectivity index (χ3n) is 6.19. The number of methoxy groups -OCH3 is 1. The molecule has 1 saturated heterocycles. The van der Waals surface area contributed by atoms with Crippen LogP contribution in [0.4, 0.5) is 13.6 Å². The number of rotatable bonds is 10. The quantitative estimate of drug-likeness (QED) is 0.545. The standard InChI is InChI=1S/C25H34F2N4O3/c1-30-13-11-20(12-14-30)31(2)17-21(19-7-5-4-6-8-19)29-25(32)28-16-18-9-10-22(34-24(26)27)23(15-18)33-3/h4-10,15,20-21,24H,11-14,16-17H2,1-3H3,(H2,28,29,32)/t21-/m1/s1. The van der Waals surface area contributed by atoms with E-state index in [9.17, 15) is 13.6 Å². The minimum atomic E-state index is -2.94. The van der Waals surface area contributed by atoms with Gasteiger partial charge in [0.2, 0.25) is 0 Å². The number of carbonyl (C=O) groups is 1. The first kappa shape index (κ1) is 25.7. The van der Waals surface area contributed by atoms with Crippen LogP contribution >= 0.6 is 0 Å². The highest BCUT2D eigenvalue weighted by Gasteiger charge is 2.24. The van der Waals surface area contributed by atoms with Crippen molar-refractivity contribution in [3.8, 4) is 11.5 Å². The molecule has 0 unspecified atom stereocenters.